The molecule has 0 radical (unpaired) electrons. The predicted octanol–water partition coefficient (Wildman–Crippen LogP) is 15.4. The van der Waals surface area contributed by atoms with Crippen LogP contribution in [0.4, 0.5) is 0 Å². The van der Waals surface area contributed by atoms with Crippen LogP contribution >= 0.6 is 0 Å². The van der Waals surface area contributed by atoms with E-state index in [2.05, 4.69) is 38.2 Å². The summed E-state index contributed by atoms with van der Waals surface area (Å²) in [6.45, 7) is 4.70. The molecule has 68 heavy (non-hydrogen) atoms. The highest BCUT2D eigenvalue weighted by Crippen LogP contribution is 2.17. The van der Waals surface area contributed by atoms with Gasteiger partial charge in [0.2, 0.25) is 0 Å². The van der Waals surface area contributed by atoms with Gasteiger partial charge < -0.3 is 33.3 Å². The minimum atomic E-state index is -1.62. The van der Waals surface area contributed by atoms with Gasteiger partial charge in [0.1, 0.15) is 13.2 Å². The van der Waals surface area contributed by atoms with Gasteiger partial charge in [0.05, 0.1) is 40.3 Å². The van der Waals surface area contributed by atoms with E-state index >= 15 is 0 Å². The summed E-state index contributed by atoms with van der Waals surface area (Å²) >= 11 is 0. The van der Waals surface area contributed by atoms with Crippen molar-refractivity contribution in [1.82, 2.24) is 0 Å². The Morgan fingerprint density at radius 3 is 1.15 bits per heavy atom. The fraction of sp³-hybridized carbons (Fsp3) is 0.881. The Labute approximate surface area is 420 Å². The average Bonchev–Trinajstić information content (AvgIpc) is 3.30. The van der Waals surface area contributed by atoms with E-state index in [0.29, 0.717) is 11.0 Å². The van der Waals surface area contributed by atoms with Crippen molar-refractivity contribution in [3.05, 3.63) is 24.3 Å². The number of rotatable bonds is 54. The quantitative estimate of drug-likeness (QED) is 0.0195. The Bertz CT molecular complexity index is 1170. The van der Waals surface area contributed by atoms with Crippen molar-refractivity contribution in [2.24, 2.45) is 0 Å². The summed E-state index contributed by atoms with van der Waals surface area (Å²) in [5, 5.41) is 11.7. The van der Waals surface area contributed by atoms with Gasteiger partial charge in [-0.2, -0.15) is 0 Å². The zero-order valence-corrected chi connectivity index (χ0v) is 45.5. The molecule has 0 saturated heterocycles. The Morgan fingerprint density at radius 2 is 0.779 bits per heavy atom. The third-order valence-corrected chi connectivity index (χ3v) is 12.9. The lowest BCUT2D eigenvalue weighted by molar-refractivity contribution is -0.870. The van der Waals surface area contributed by atoms with E-state index in [-0.39, 0.29) is 38.6 Å². The Morgan fingerprint density at radius 1 is 0.426 bits per heavy atom. The van der Waals surface area contributed by atoms with Crippen LogP contribution < -0.4 is 5.11 Å². The maximum atomic E-state index is 12.8. The molecule has 400 valence electrons. The minimum absolute atomic E-state index is 0.149. The monoisotopic (exact) mass is 962 g/mol. The summed E-state index contributed by atoms with van der Waals surface area (Å²) < 4.78 is 22.6. The number of nitrogens with zero attached hydrogens (tertiary/aromatic N) is 1. The molecule has 0 aliphatic carbocycles. The molecule has 0 aromatic heterocycles. The van der Waals surface area contributed by atoms with E-state index in [1.807, 2.05) is 21.1 Å². The largest absolute Gasteiger partial charge is 0.545 e. The molecule has 0 spiro atoms. The van der Waals surface area contributed by atoms with Crippen molar-refractivity contribution in [3.8, 4) is 0 Å². The molecule has 9 nitrogen and oxygen atoms in total. The lowest BCUT2D eigenvalue weighted by Crippen LogP contribution is -2.44. The van der Waals surface area contributed by atoms with Crippen molar-refractivity contribution in [1.29, 1.82) is 0 Å². The fourth-order valence-electron chi connectivity index (χ4n) is 8.42. The van der Waals surface area contributed by atoms with Crippen LogP contribution in [0, 0.1) is 0 Å². The number of unbranched alkanes of at least 4 members (excludes halogenated alkanes) is 35. The molecule has 0 aromatic rings. The van der Waals surface area contributed by atoms with Gasteiger partial charge in [-0.05, 0) is 57.8 Å². The second kappa shape index (κ2) is 51.1. The van der Waals surface area contributed by atoms with Crippen molar-refractivity contribution < 1.29 is 42.9 Å². The summed E-state index contributed by atoms with van der Waals surface area (Å²) in [5.41, 5.74) is 0. The standard InChI is InChI=1S/C59H111NO8/c1-6-8-10-12-14-16-18-19-20-21-22-23-24-25-26-27-28-29-30-31-32-33-34-35-36-37-38-39-40-42-44-46-48-50-57(62)68-55(54-67-59(58(63)64)65-52-51-60(3,4)5)53-66-56(61)49-47-45-43-41-17-15-13-11-9-7-2/h11,13,21-22,55,59H,6-10,12,14-20,23-54H2,1-5H3/b13-11-,22-21-. The number of aliphatic carboxylic acids is 1. The first-order chi connectivity index (χ1) is 33.1. The first-order valence-corrected chi connectivity index (χ1v) is 29.0. The Balaban J connectivity index is 3.98. The number of likely N-dealkylation sites (N-methyl/N-ethyl adjacent to an activating group) is 1. The van der Waals surface area contributed by atoms with Gasteiger partial charge in [-0.1, -0.05) is 231 Å². The van der Waals surface area contributed by atoms with Crippen molar-refractivity contribution in [2.45, 2.75) is 289 Å². The molecule has 0 aliphatic rings. The Hall–Kier alpha value is -2.23. The zero-order valence-electron chi connectivity index (χ0n) is 45.5. The van der Waals surface area contributed by atoms with Gasteiger partial charge in [0.15, 0.2) is 12.4 Å². The molecule has 2 atom stereocenters. The molecule has 9 heteroatoms. The molecule has 0 bridgehead atoms. The van der Waals surface area contributed by atoms with E-state index in [9.17, 15) is 19.5 Å². The number of ether oxygens (including phenoxy) is 4. The molecule has 2 unspecified atom stereocenters. The van der Waals surface area contributed by atoms with E-state index in [4.69, 9.17) is 18.9 Å². The summed E-state index contributed by atoms with van der Waals surface area (Å²) in [5.74, 6) is -2.28. The summed E-state index contributed by atoms with van der Waals surface area (Å²) in [6, 6.07) is 0. The smallest absolute Gasteiger partial charge is 0.306 e. The third kappa shape index (κ3) is 51.6. The number of allylic oxidation sites excluding steroid dienone is 4. The SMILES string of the molecule is CCC/C=C\CCCCCCCC(=O)OCC(COC(OCC[N+](C)(C)C)C(=O)[O-])OC(=O)CCCCCCCCCCCCCCCCCCCCCCC/C=C\CCCCCCCCCC. The van der Waals surface area contributed by atoms with Gasteiger partial charge in [0, 0.05) is 12.8 Å². The van der Waals surface area contributed by atoms with Gasteiger partial charge in [-0.3, -0.25) is 9.59 Å². The highest BCUT2D eigenvalue weighted by atomic mass is 16.7. The van der Waals surface area contributed by atoms with Crippen LogP contribution in [0.5, 0.6) is 0 Å². The molecule has 0 saturated carbocycles. The molecule has 0 rings (SSSR count). The number of carbonyl (C=O) groups excluding carboxylic acids is 3. The molecule has 0 heterocycles. The summed E-state index contributed by atoms with van der Waals surface area (Å²) in [7, 11) is 5.92. The zero-order chi connectivity index (χ0) is 49.9. The third-order valence-electron chi connectivity index (χ3n) is 12.9. The molecular weight excluding hydrogens is 851 g/mol. The van der Waals surface area contributed by atoms with Gasteiger partial charge in [-0.15, -0.1) is 0 Å². The molecule has 0 N–H and O–H groups in total. The van der Waals surface area contributed by atoms with E-state index in [0.717, 1.165) is 64.2 Å². The predicted molar refractivity (Wildman–Crippen MR) is 283 cm³/mol. The van der Waals surface area contributed by atoms with Crippen LogP contribution in [0.25, 0.3) is 0 Å². The summed E-state index contributed by atoms with van der Waals surface area (Å²) in [4.78, 5) is 37.1. The van der Waals surface area contributed by atoms with Crippen LogP contribution in [-0.4, -0.2) is 82.3 Å². The van der Waals surface area contributed by atoms with E-state index in [1.54, 1.807) is 0 Å². The number of hydrogen-bond acceptors (Lipinski definition) is 8. The normalized spacial score (nSPS) is 12.9. The van der Waals surface area contributed by atoms with Gasteiger partial charge in [0.25, 0.3) is 0 Å². The van der Waals surface area contributed by atoms with Crippen LogP contribution in [0.15, 0.2) is 24.3 Å². The van der Waals surface area contributed by atoms with Gasteiger partial charge in [-0.25, -0.2) is 0 Å². The number of carboxylic acid groups (broad SMARTS) is 1. The molecule has 0 fully saturated rings. The number of hydrogen-bond donors (Lipinski definition) is 0. The maximum Gasteiger partial charge on any atom is 0.306 e. The Kier molecular flexibility index (Phi) is 49.5. The van der Waals surface area contributed by atoms with Crippen LogP contribution in [0.1, 0.15) is 277 Å². The average molecular weight is 963 g/mol. The fourth-order valence-corrected chi connectivity index (χ4v) is 8.42. The summed E-state index contributed by atoms with van der Waals surface area (Å²) in [6.07, 6.45) is 56.9. The second-order valence-corrected chi connectivity index (χ2v) is 20.9. The number of quaternary nitrogens is 1. The highest BCUT2D eigenvalue weighted by Gasteiger charge is 2.22. The molecular formula is C59H111NO8. The van der Waals surface area contributed by atoms with Crippen molar-refractivity contribution in [3.63, 3.8) is 0 Å². The molecule has 0 aromatic carbocycles. The topological polar surface area (TPSA) is 111 Å². The van der Waals surface area contributed by atoms with Crippen LogP contribution in [0.2, 0.25) is 0 Å². The minimum Gasteiger partial charge on any atom is -0.545 e. The van der Waals surface area contributed by atoms with Crippen molar-refractivity contribution in [2.75, 3.05) is 47.5 Å². The van der Waals surface area contributed by atoms with Gasteiger partial charge >= 0.3 is 11.9 Å². The van der Waals surface area contributed by atoms with E-state index in [1.165, 1.54) is 186 Å². The number of esters is 2. The second-order valence-electron chi connectivity index (χ2n) is 20.9. The lowest BCUT2D eigenvalue weighted by atomic mass is 10.0. The number of carboxylic acids is 1. The first kappa shape index (κ1) is 65.8. The first-order valence-electron chi connectivity index (χ1n) is 29.0. The van der Waals surface area contributed by atoms with Crippen LogP contribution in [-0.2, 0) is 33.3 Å². The lowest BCUT2D eigenvalue weighted by Gasteiger charge is -2.26. The van der Waals surface area contributed by atoms with Crippen molar-refractivity contribution >= 4 is 17.9 Å². The highest BCUT2D eigenvalue weighted by molar-refractivity contribution is 5.70. The maximum absolute atomic E-state index is 12.8. The van der Waals surface area contributed by atoms with E-state index < -0.39 is 24.3 Å². The molecule has 0 aliphatic heterocycles. The van der Waals surface area contributed by atoms with Crippen LogP contribution in [0.3, 0.4) is 0 Å². The molecule has 0 amide bonds. The number of carbonyl (C=O) groups is 3.